The maximum Gasteiger partial charge on any atom is 0.326 e. The summed E-state index contributed by atoms with van der Waals surface area (Å²) in [5, 5.41) is 32.6. The number of benzene rings is 1. The van der Waals surface area contributed by atoms with E-state index in [9.17, 15) is 29.7 Å². The van der Waals surface area contributed by atoms with Crippen LogP contribution in [0.25, 0.3) is 0 Å². The summed E-state index contributed by atoms with van der Waals surface area (Å²) in [4.78, 5) is 35.7. The van der Waals surface area contributed by atoms with Crippen LogP contribution in [0.5, 0.6) is 5.75 Å². The smallest absolute Gasteiger partial charge is 0.326 e. The highest BCUT2D eigenvalue weighted by Gasteiger charge is 2.27. The van der Waals surface area contributed by atoms with Crippen LogP contribution in [-0.4, -0.2) is 57.8 Å². The van der Waals surface area contributed by atoms with Crippen molar-refractivity contribution in [2.45, 2.75) is 44.8 Å². The number of rotatable bonds is 10. The molecule has 0 aromatic heterocycles. The zero-order chi connectivity index (χ0) is 20.6. The fraction of sp³-hybridized carbons (Fsp3) is 0.500. The SMILES string of the molecule is CC(C)CC(N)C(=O)NC(CO)C(=O)NC(Cc1ccc(O)cc1)C(=O)O. The lowest BCUT2D eigenvalue weighted by atomic mass is 10.0. The first-order valence-corrected chi connectivity index (χ1v) is 8.62. The van der Waals surface area contributed by atoms with Gasteiger partial charge in [0.05, 0.1) is 12.6 Å². The highest BCUT2D eigenvalue weighted by Crippen LogP contribution is 2.11. The van der Waals surface area contributed by atoms with Gasteiger partial charge in [-0.3, -0.25) is 9.59 Å². The summed E-state index contributed by atoms with van der Waals surface area (Å²) < 4.78 is 0. The molecule has 0 aliphatic rings. The minimum atomic E-state index is -1.31. The van der Waals surface area contributed by atoms with Crippen molar-refractivity contribution in [1.29, 1.82) is 0 Å². The van der Waals surface area contributed by atoms with Gasteiger partial charge >= 0.3 is 5.97 Å². The summed E-state index contributed by atoms with van der Waals surface area (Å²) in [6, 6.07) is 2.47. The predicted molar refractivity (Wildman–Crippen MR) is 97.8 cm³/mol. The van der Waals surface area contributed by atoms with E-state index < -0.39 is 42.5 Å². The number of hydrogen-bond donors (Lipinski definition) is 6. The standard InChI is InChI=1S/C18H27N3O6/c1-10(2)7-13(19)16(24)21-15(9-22)17(25)20-14(18(26)27)8-11-3-5-12(23)6-4-11/h3-6,10,13-15,22-23H,7-9,19H2,1-2H3,(H,20,25)(H,21,24)(H,26,27). The Morgan fingerprint density at radius 1 is 1.04 bits per heavy atom. The highest BCUT2D eigenvalue weighted by atomic mass is 16.4. The molecule has 0 saturated heterocycles. The Labute approximate surface area is 157 Å². The monoisotopic (exact) mass is 381 g/mol. The van der Waals surface area contributed by atoms with Crippen LogP contribution in [0, 0.1) is 5.92 Å². The molecule has 7 N–H and O–H groups in total. The molecule has 0 fully saturated rings. The third-order valence-corrected chi connectivity index (χ3v) is 3.87. The quantitative estimate of drug-likeness (QED) is 0.314. The molecule has 0 aliphatic carbocycles. The van der Waals surface area contributed by atoms with Crippen molar-refractivity contribution < 1.29 is 29.7 Å². The van der Waals surface area contributed by atoms with E-state index in [-0.39, 0.29) is 18.1 Å². The van der Waals surface area contributed by atoms with Gasteiger partial charge in [0, 0.05) is 6.42 Å². The normalized spacial score (nSPS) is 14.3. The van der Waals surface area contributed by atoms with Gasteiger partial charge in [0.2, 0.25) is 11.8 Å². The van der Waals surface area contributed by atoms with Gasteiger partial charge in [0.15, 0.2) is 0 Å². The van der Waals surface area contributed by atoms with E-state index in [1.165, 1.54) is 24.3 Å². The molecule has 9 nitrogen and oxygen atoms in total. The topological polar surface area (TPSA) is 162 Å². The summed E-state index contributed by atoms with van der Waals surface area (Å²) in [6.07, 6.45) is 0.379. The van der Waals surface area contributed by atoms with Crippen LogP contribution in [0.4, 0.5) is 0 Å². The van der Waals surface area contributed by atoms with E-state index in [0.717, 1.165) is 0 Å². The number of aliphatic carboxylic acids is 1. The second kappa shape index (κ2) is 10.5. The van der Waals surface area contributed by atoms with Crippen molar-refractivity contribution in [3.63, 3.8) is 0 Å². The number of aliphatic hydroxyl groups is 1. The number of nitrogens with one attached hydrogen (secondary N) is 2. The lowest BCUT2D eigenvalue weighted by molar-refractivity contribution is -0.142. The number of aliphatic hydroxyl groups excluding tert-OH is 1. The molecule has 0 heterocycles. The van der Waals surface area contributed by atoms with Crippen LogP contribution < -0.4 is 16.4 Å². The lowest BCUT2D eigenvalue weighted by Crippen LogP contribution is -2.56. The van der Waals surface area contributed by atoms with Gasteiger partial charge in [-0.25, -0.2) is 4.79 Å². The molecule has 27 heavy (non-hydrogen) atoms. The molecule has 0 saturated carbocycles. The third kappa shape index (κ3) is 7.63. The largest absolute Gasteiger partial charge is 0.508 e. The molecule has 0 spiro atoms. The minimum Gasteiger partial charge on any atom is -0.508 e. The zero-order valence-electron chi connectivity index (χ0n) is 15.4. The summed E-state index contributed by atoms with van der Waals surface area (Å²) in [5.41, 5.74) is 6.33. The van der Waals surface area contributed by atoms with Crippen LogP contribution in [0.15, 0.2) is 24.3 Å². The summed E-state index contributed by atoms with van der Waals surface area (Å²) >= 11 is 0. The summed E-state index contributed by atoms with van der Waals surface area (Å²) in [7, 11) is 0. The molecule has 0 radical (unpaired) electrons. The van der Waals surface area contributed by atoms with Crippen LogP contribution in [-0.2, 0) is 20.8 Å². The van der Waals surface area contributed by atoms with Crippen molar-refractivity contribution in [1.82, 2.24) is 10.6 Å². The molecule has 3 unspecified atom stereocenters. The predicted octanol–water partition coefficient (Wildman–Crippen LogP) is -0.645. The Hall–Kier alpha value is -2.65. The summed E-state index contributed by atoms with van der Waals surface area (Å²) in [6.45, 7) is 3.09. The van der Waals surface area contributed by atoms with Crippen LogP contribution in [0.2, 0.25) is 0 Å². The van der Waals surface area contributed by atoms with Crippen molar-refractivity contribution >= 4 is 17.8 Å². The number of phenols is 1. The number of carbonyl (C=O) groups excluding carboxylic acids is 2. The van der Waals surface area contributed by atoms with Crippen LogP contribution in [0.3, 0.4) is 0 Å². The van der Waals surface area contributed by atoms with Gasteiger partial charge in [0.25, 0.3) is 0 Å². The molecular formula is C18H27N3O6. The summed E-state index contributed by atoms with van der Waals surface area (Å²) in [5.74, 6) is -2.47. The Bertz CT molecular complexity index is 647. The van der Waals surface area contributed by atoms with Crippen LogP contribution in [0.1, 0.15) is 25.8 Å². The first kappa shape index (κ1) is 22.4. The van der Waals surface area contributed by atoms with Gasteiger partial charge in [-0.2, -0.15) is 0 Å². The highest BCUT2D eigenvalue weighted by molar-refractivity contribution is 5.91. The number of amides is 2. The number of hydrogen-bond acceptors (Lipinski definition) is 6. The Morgan fingerprint density at radius 3 is 2.07 bits per heavy atom. The van der Waals surface area contributed by atoms with Gasteiger partial charge in [-0.15, -0.1) is 0 Å². The number of nitrogens with two attached hydrogens (primary N) is 1. The number of carboxylic acids is 1. The van der Waals surface area contributed by atoms with Gasteiger partial charge in [-0.1, -0.05) is 26.0 Å². The Balaban J connectivity index is 2.73. The van der Waals surface area contributed by atoms with E-state index >= 15 is 0 Å². The van der Waals surface area contributed by atoms with E-state index in [0.29, 0.717) is 12.0 Å². The molecular weight excluding hydrogens is 354 g/mol. The number of aromatic hydroxyl groups is 1. The molecule has 1 aromatic rings. The minimum absolute atomic E-state index is 0.0275. The number of carboxylic acid groups (broad SMARTS) is 1. The maximum atomic E-state index is 12.3. The molecule has 9 heteroatoms. The average Bonchev–Trinajstić information content (AvgIpc) is 2.59. The van der Waals surface area contributed by atoms with Gasteiger partial charge < -0.3 is 31.7 Å². The second-order valence-electron chi connectivity index (χ2n) is 6.75. The van der Waals surface area contributed by atoms with Crippen molar-refractivity contribution in [2.24, 2.45) is 11.7 Å². The first-order valence-electron chi connectivity index (χ1n) is 8.62. The second-order valence-corrected chi connectivity index (χ2v) is 6.75. The van der Waals surface area contributed by atoms with Crippen molar-refractivity contribution in [3.8, 4) is 5.75 Å². The fourth-order valence-electron chi connectivity index (χ4n) is 2.43. The van der Waals surface area contributed by atoms with Gasteiger partial charge in [0.1, 0.15) is 17.8 Å². The van der Waals surface area contributed by atoms with Crippen molar-refractivity contribution in [3.05, 3.63) is 29.8 Å². The third-order valence-electron chi connectivity index (χ3n) is 3.87. The lowest BCUT2D eigenvalue weighted by Gasteiger charge is -2.22. The van der Waals surface area contributed by atoms with E-state index in [2.05, 4.69) is 10.6 Å². The molecule has 1 aromatic carbocycles. The zero-order valence-corrected chi connectivity index (χ0v) is 15.4. The molecule has 0 aliphatic heterocycles. The molecule has 0 bridgehead atoms. The van der Waals surface area contributed by atoms with E-state index in [1.54, 1.807) is 0 Å². The van der Waals surface area contributed by atoms with Crippen LogP contribution >= 0.6 is 0 Å². The fourth-order valence-corrected chi connectivity index (χ4v) is 2.43. The Morgan fingerprint density at radius 2 is 1.59 bits per heavy atom. The molecule has 2 amide bonds. The molecule has 1 rings (SSSR count). The maximum absolute atomic E-state index is 12.3. The average molecular weight is 381 g/mol. The number of phenolic OH excluding ortho intramolecular Hbond substituents is 1. The molecule has 3 atom stereocenters. The van der Waals surface area contributed by atoms with Crippen molar-refractivity contribution in [2.75, 3.05) is 6.61 Å². The Kier molecular flexibility index (Phi) is 8.70. The van der Waals surface area contributed by atoms with E-state index in [1.807, 2.05) is 13.8 Å². The van der Waals surface area contributed by atoms with E-state index in [4.69, 9.17) is 5.73 Å². The first-order chi connectivity index (χ1) is 12.6. The van der Waals surface area contributed by atoms with Gasteiger partial charge in [-0.05, 0) is 30.0 Å². The molecule has 150 valence electrons. The number of carbonyl (C=O) groups is 3.